The number of hydrogen-bond donors (Lipinski definition) is 0. The van der Waals surface area contributed by atoms with E-state index in [9.17, 15) is 0 Å². The Labute approximate surface area is 143 Å². The summed E-state index contributed by atoms with van der Waals surface area (Å²) in [5.74, 6) is 0.594. The van der Waals surface area contributed by atoms with E-state index < -0.39 is 0 Å². The third-order valence-electron chi connectivity index (χ3n) is 4.96. The Morgan fingerprint density at radius 2 is 1.48 bits per heavy atom. The smallest absolute Gasteiger partial charge is 0.0152 e. The molecule has 0 aromatic carbocycles. The topological polar surface area (TPSA) is 0 Å². The number of fused-ring (bicyclic) bond motifs is 1. The molecule has 0 unspecified atom stereocenters. The molecule has 2 aliphatic rings. The highest BCUT2D eigenvalue weighted by atomic mass is 14.1. The van der Waals surface area contributed by atoms with E-state index in [1.54, 1.807) is 0 Å². The molecule has 0 aromatic rings. The van der Waals surface area contributed by atoms with Crippen LogP contribution in [0, 0.1) is 0 Å². The normalized spacial score (nSPS) is 11.5. The number of rotatable bonds is 10. The van der Waals surface area contributed by atoms with Crippen molar-refractivity contribution in [2.75, 3.05) is 0 Å². The lowest BCUT2D eigenvalue weighted by Gasteiger charge is -2.04. The maximum absolute atomic E-state index is 2.37. The quantitative estimate of drug-likeness (QED) is 0.396. The van der Waals surface area contributed by atoms with Crippen LogP contribution in [-0.4, -0.2) is 0 Å². The van der Waals surface area contributed by atoms with Gasteiger partial charge in [-0.25, -0.2) is 0 Å². The summed E-state index contributed by atoms with van der Waals surface area (Å²) in [4.78, 5) is 0. The molecule has 0 N–H and O–H groups in total. The molecule has 126 valence electrons. The Morgan fingerprint density at radius 3 is 2.17 bits per heavy atom. The van der Waals surface area contributed by atoms with Gasteiger partial charge in [0.1, 0.15) is 0 Å². The molecule has 0 nitrogen and oxygen atoms in total. The maximum atomic E-state index is 2.37. The Balaban J connectivity index is 1.79. The summed E-state index contributed by atoms with van der Waals surface area (Å²) in [6, 6.07) is 13.8. The van der Waals surface area contributed by atoms with Gasteiger partial charge >= 0.3 is 0 Å². The van der Waals surface area contributed by atoms with Crippen molar-refractivity contribution in [3.8, 4) is 11.1 Å². The zero-order valence-corrected chi connectivity index (χ0v) is 15.4. The molecule has 23 heavy (non-hydrogen) atoms. The van der Waals surface area contributed by atoms with Gasteiger partial charge in [-0.3, -0.25) is 0 Å². The first-order valence-electron chi connectivity index (χ1n) is 9.74. The number of hydrogen-bond acceptors (Lipinski definition) is 0. The summed E-state index contributed by atoms with van der Waals surface area (Å²) in [5.41, 5.74) is 5.84. The molecule has 0 fully saturated rings. The van der Waals surface area contributed by atoms with Crippen LogP contribution in [0.4, 0.5) is 0 Å². The van der Waals surface area contributed by atoms with E-state index in [4.69, 9.17) is 0 Å². The van der Waals surface area contributed by atoms with Crippen LogP contribution in [0.5, 0.6) is 0 Å². The first-order chi connectivity index (χ1) is 11.2. The first kappa shape index (κ1) is 18.0. The average molecular weight is 311 g/mol. The molecule has 0 saturated heterocycles. The van der Waals surface area contributed by atoms with Gasteiger partial charge in [-0.2, -0.15) is 0 Å². The molecule has 0 radical (unpaired) electrons. The minimum absolute atomic E-state index is 0.594. The van der Waals surface area contributed by atoms with E-state index in [0.29, 0.717) is 5.92 Å². The van der Waals surface area contributed by atoms with Gasteiger partial charge in [-0.05, 0) is 41.0 Å². The van der Waals surface area contributed by atoms with Crippen molar-refractivity contribution in [3.63, 3.8) is 0 Å². The largest absolute Gasteiger partial charge is 0.0654 e. The molecule has 2 rings (SSSR count). The van der Waals surface area contributed by atoms with Crippen LogP contribution in [0.3, 0.4) is 0 Å². The number of unbranched alkanes of at least 4 members (excludes halogenated alkanes) is 7. The zero-order chi connectivity index (χ0) is 16.5. The van der Waals surface area contributed by atoms with Crippen LogP contribution in [-0.2, 0) is 6.42 Å². The standard InChI is InChI=1S/C23H34/c1-4-5-6-7-8-9-10-11-13-20-16-17-22-18-21(19(2)3)14-12-15-23(20)22/h12,14-19H,4-11,13H2,1-3H3. The molecular formula is C23H34. The lowest BCUT2D eigenvalue weighted by Crippen LogP contribution is -1.86. The molecule has 0 bridgehead atoms. The van der Waals surface area contributed by atoms with Gasteiger partial charge in [0.25, 0.3) is 0 Å². The highest BCUT2D eigenvalue weighted by Gasteiger charge is 2.09. The van der Waals surface area contributed by atoms with Crippen LogP contribution in [0.1, 0.15) is 89.2 Å². The van der Waals surface area contributed by atoms with E-state index in [1.165, 1.54) is 80.0 Å². The van der Waals surface area contributed by atoms with Gasteiger partial charge < -0.3 is 0 Å². The predicted molar refractivity (Wildman–Crippen MR) is 103 cm³/mol. The molecule has 2 aliphatic carbocycles. The molecule has 0 saturated carbocycles. The van der Waals surface area contributed by atoms with Gasteiger partial charge in [0, 0.05) is 0 Å². The van der Waals surface area contributed by atoms with Crippen molar-refractivity contribution in [1.29, 1.82) is 0 Å². The van der Waals surface area contributed by atoms with Crippen LogP contribution in [0.25, 0.3) is 11.1 Å². The van der Waals surface area contributed by atoms with E-state index >= 15 is 0 Å². The van der Waals surface area contributed by atoms with Crippen LogP contribution < -0.4 is 0 Å². The van der Waals surface area contributed by atoms with Crippen molar-refractivity contribution in [2.45, 2.75) is 84.5 Å². The molecule has 0 heterocycles. The summed E-state index contributed by atoms with van der Waals surface area (Å²) in [6.45, 7) is 6.82. The number of aryl methyl sites for hydroxylation is 1. The summed E-state index contributed by atoms with van der Waals surface area (Å²) < 4.78 is 0. The molecule has 0 amide bonds. The molecule has 0 aromatic heterocycles. The Bertz CT molecular complexity index is 538. The monoisotopic (exact) mass is 310 g/mol. The maximum Gasteiger partial charge on any atom is -0.0152 e. The van der Waals surface area contributed by atoms with E-state index in [2.05, 4.69) is 57.2 Å². The second-order valence-electron chi connectivity index (χ2n) is 7.28. The van der Waals surface area contributed by atoms with Crippen LogP contribution in [0.2, 0.25) is 0 Å². The summed E-state index contributed by atoms with van der Waals surface area (Å²) in [5, 5.41) is 0. The SMILES string of the molecule is CCCCCCCCCCc1ccc2cc(C(C)C)cccc1-2. The minimum atomic E-state index is 0.594. The fourth-order valence-corrected chi connectivity index (χ4v) is 3.39. The van der Waals surface area contributed by atoms with Gasteiger partial charge in [0.05, 0.1) is 0 Å². The van der Waals surface area contributed by atoms with Crippen LogP contribution in [0.15, 0.2) is 36.4 Å². The van der Waals surface area contributed by atoms with Crippen molar-refractivity contribution in [2.24, 2.45) is 0 Å². The van der Waals surface area contributed by atoms with Gasteiger partial charge in [-0.15, -0.1) is 0 Å². The Kier molecular flexibility index (Phi) is 7.65. The summed E-state index contributed by atoms with van der Waals surface area (Å²) in [6.07, 6.45) is 12.4. The molecule has 0 aliphatic heterocycles. The predicted octanol–water partition coefficient (Wildman–Crippen LogP) is 7.60. The second kappa shape index (κ2) is 9.75. The van der Waals surface area contributed by atoms with E-state index in [1.807, 2.05) is 0 Å². The van der Waals surface area contributed by atoms with Crippen molar-refractivity contribution >= 4 is 0 Å². The van der Waals surface area contributed by atoms with Crippen molar-refractivity contribution in [1.82, 2.24) is 0 Å². The summed E-state index contributed by atoms with van der Waals surface area (Å²) >= 11 is 0. The van der Waals surface area contributed by atoms with Gasteiger partial charge in [0.2, 0.25) is 0 Å². The molecular weight excluding hydrogens is 276 g/mol. The fourth-order valence-electron chi connectivity index (χ4n) is 3.39. The third-order valence-corrected chi connectivity index (χ3v) is 4.96. The highest BCUT2D eigenvalue weighted by molar-refractivity contribution is 5.71. The lowest BCUT2D eigenvalue weighted by molar-refractivity contribution is 0.576. The zero-order valence-electron chi connectivity index (χ0n) is 15.4. The molecule has 0 spiro atoms. The molecule has 0 heteroatoms. The second-order valence-corrected chi connectivity index (χ2v) is 7.28. The van der Waals surface area contributed by atoms with Crippen molar-refractivity contribution < 1.29 is 0 Å². The van der Waals surface area contributed by atoms with Crippen molar-refractivity contribution in [3.05, 3.63) is 47.5 Å². The van der Waals surface area contributed by atoms with Crippen LogP contribution >= 0.6 is 0 Å². The Morgan fingerprint density at radius 1 is 0.783 bits per heavy atom. The average Bonchev–Trinajstić information content (AvgIpc) is 2.78. The first-order valence-corrected chi connectivity index (χ1v) is 9.74. The lowest BCUT2D eigenvalue weighted by atomic mass is 10.0. The van der Waals surface area contributed by atoms with E-state index in [0.717, 1.165) is 0 Å². The minimum Gasteiger partial charge on any atom is -0.0654 e. The third kappa shape index (κ3) is 5.68. The van der Waals surface area contributed by atoms with E-state index in [-0.39, 0.29) is 0 Å². The Hall–Kier alpha value is -1.30. The fraction of sp³-hybridized carbons (Fsp3) is 0.565. The summed E-state index contributed by atoms with van der Waals surface area (Å²) in [7, 11) is 0. The van der Waals surface area contributed by atoms with Gasteiger partial charge in [-0.1, -0.05) is 102 Å². The van der Waals surface area contributed by atoms with Gasteiger partial charge in [0.15, 0.2) is 0 Å². The molecule has 0 atom stereocenters. The highest BCUT2D eigenvalue weighted by Crippen LogP contribution is 2.30.